The first-order valence-corrected chi connectivity index (χ1v) is 31.3. The van der Waals surface area contributed by atoms with Crippen LogP contribution in [0.5, 0.6) is 0 Å². The van der Waals surface area contributed by atoms with Gasteiger partial charge in [0.2, 0.25) is 10.4 Å². The minimum atomic E-state index is -5.53. The Hall–Kier alpha value is -0.290. The summed E-state index contributed by atoms with van der Waals surface area (Å²) >= 11 is 0. The van der Waals surface area contributed by atoms with Gasteiger partial charge < -0.3 is 83.3 Å². The molecule has 0 amide bonds. The van der Waals surface area contributed by atoms with E-state index in [1.165, 1.54) is 103 Å². The Balaban J connectivity index is 0.0000213. The van der Waals surface area contributed by atoms with Crippen LogP contribution in [0.25, 0.3) is 0 Å². The van der Waals surface area contributed by atoms with Gasteiger partial charge in [-0.15, -0.1) is 0 Å². The van der Waals surface area contributed by atoms with Crippen molar-refractivity contribution < 1.29 is 125 Å². The third-order valence-corrected chi connectivity index (χ3v) is 15.3. The molecule has 3 aliphatic heterocycles. The van der Waals surface area contributed by atoms with E-state index < -0.39 is 122 Å². The van der Waals surface area contributed by atoms with E-state index >= 15 is 0 Å². The monoisotopic (exact) mass is 1160 g/mol. The van der Waals surface area contributed by atoms with Crippen LogP contribution in [0.4, 0.5) is 0 Å². The number of allylic oxidation sites excluding steroid dienone is 4. The molecule has 20 nitrogen and oxygen atoms in total. The Morgan fingerprint density at radius 3 is 1.41 bits per heavy atom. The molecule has 8 N–H and O–H groups in total. The number of unbranched alkanes of at least 4 members (excludes halogenated alkanes) is 24. The third-order valence-electron chi connectivity index (χ3n) is 14.8. The van der Waals surface area contributed by atoms with E-state index in [9.17, 15) is 53.8 Å². The van der Waals surface area contributed by atoms with Crippen molar-refractivity contribution in [3.8, 4) is 0 Å². The first kappa shape index (κ1) is 74.8. The molecule has 16 atom stereocenters. The van der Waals surface area contributed by atoms with Crippen LogP contribution in [-0.4, -0.2) is 192 Å². The molecule has 0 spiro atoms. The van der Waals surface area contributed by atoms with Gasteiger partial charge in [0.25, 0.3) is 0 Å². The van der Waals surface area contributed by atoms with Crippen molar-refractivity contribution in [3.63, 3.8) is 0 Å². The van der Waals surface area contributed by atoms with Gasteiger partial charge in [-0.3, -0.25) is 4.18 Å². The fraction of sp³-hybridized carbons (Fsp3) is 0.930. The summed E-state index contributed by atoms with van der Waals surface area (Å²) in [6, 6.07) is 0. The molecule has 0 aromatic heterocycles. The van der Waals surface area contributed by atoms with Crippen molar-refractivity contribution in [3.05, 3.63) is 24.3 Å². The molecule has 3 saturated heterocycles. The van der Waals surface area contributed by atoms with Crippen molar-refractivity contribution in [2.24, 2.45) is 0 Å². The second-order valence-electron chi connectivity index (χ2n) is 21.6. The smallest absolute Gasteiger partial charge is 0.726 e. The minimum Gasteiger partial charge on any atom is -0.726 e. The Morgan fingerprint density at radius 1 is 0.481 bits per heavy atom. The Morgan fingerprint density at radius 2 is 0.911 bits per heavy atom. The molecule has 3 aliphatic rings. The van der Waals surface area contributed by atoms with E-state index in [4.69, 9.17) is 37.9 Å². The van der Waals surface area contributed by atoms with Crippen LogP contribution in [0.15, 0.2) is 24.3 Å². The molecule has 0 saturated carbocycles. The zero-order valence-electron chi connectivity index (χ0n) is 48.5. The second-order valence-corrected chi connectivity index (χ2v) is 22.6. The van der Waals surface area contributed by atoms with E-state index in [2.05, 4.69) is 42.3 Å². The van der Waals surface area contributed by atoms with Crippen molar-refractivity contribution in [1.82, 2.24) is 0 Å². The van der Waals surface area contributed by atoms with Gasteiger partial charge in [0.15, 0.2) is 18.9 Å². The maximum absolute atomic E-state index is 11.9. The molecule has 0 aliphatic carbocycles. The van der Waals surface area contributed by atoms with Gasteiger partial charge in [-0.25, -0.2) is 8.42 Å². The second kappa shape index (κ2) is 45.1. The molecular formula is C57H105NaO20S. The Kier molecular flexibility index (Phi) is 42.7. The van der Waals surface area contributed by atoms with Crippen LogP contribution in [0.1, 0.15) is 201 Å². The molecular weight excluding hydrogens is 1060 g/mol. The standard InChI is InChI=1S/C57H106O20S.Na/c1-4-6-8-10-12-14-16-18-20-22-24-26-28-30-32-34-36-69-40-43(70-37-35-33-31-29-27-25-23-21-19-17-15-13-11-9-7-5-2)41-71-55-51(65)54(76-56-49(63)48(62)46(60)42(3)72-56)52(45(39-59)74-55)75-57-50(64)53(77-78(66,67)68)47(61)44(38-58)73-57;/h18-21,42-65H,4-17,22-41H2,1-3H3,(H,66,67,68);/q;+1/p-1/b20-18-,21-19-;/t42-,43?,44+,45+,46+,47-,48+,49-,50+,51+,52-,53-,54+,55+,56-,57?;/m0./s1. The number of rotatable bonds is 46. The molecule has 0 bridgehead atoms. The molecule has 3 fully saturated rings. The fourth-order valence-electron chi connectivity index (χ4n) is 9.96. The molecule has 3 heterocycles. The number of aliphatic hydroxyl groups excluding tert-OH is 8. The van der Waals surface area contributed by atoms with E-state index in [1.54, 1.807) is 0 Å². The zero-order chi connectivity index (χ0) is 57.0. The molecule has 22 heteroatoms. The summed E-state index contributed by atoms with van der Waals surface area (Å²) in [5, 5.41) is 86.2. The number of ether oxygens (including phenoxy) is 8. The summed E-state index contributed by atoms with van der Waals surface area (Å²) in [4.78, 5) is 0. The molecule has 2 unspecified atom stereocenters. The minimum absolute atomic E-state index is 0. The number of aliphatic hydroxyl groups is 8. The molecule has 0 aromatic rings. The summed E-state index contributed by atoms with van der Waals surface area (Å²) in [5.74, 6) is 0. The predicted octanol–water partition coefficient (Wildman–Crippen LogP) is 3.44. The average molecular weight is 1170 g/mol. The van der Waals surface area contributed by atoms with Gasteiger partial charge in [-0.1, -0.05) is 154 Å². The van der Waals surface area contributed by atoms with Gasteiger partial charge in [0, 0.05) is 13.2 Å². The van der Waals surface area contributed by atoms with Gasteiger partial charge in [0.1, 0.15) is 73.2 Å². The van der Waals surface area contributed by atoms with Crippen LogP contribution >= 0.6 is 0 Å². The van der Waals surface area contributed by atoms with Crippen molar-refractivity contribution in [2.75, 3.05) is 39.6 Å². The van der Waals surface area contributed by atoms with Crippen molar-refractivity contribution in [2.45, 2.75) is 299 Å². The van der Waals surface area contributed by atoms with Crippen LogP contribution in [-0.2, 0) is 52.5 Å². The molecule has 3 rings (SSSR count). The normalized spacial score (nSPS) is 30.1. The number of hydrogen-bond donors (Lipinski definition) is 8. The first-order chi connectivity index (χ1) is 37.7. The molecule has 460 valence electrons. The van der Waals surface area contributed by atoms with E-state index in [0.717, 1.165) is 83.5 Å². The quantitative estimate of drug-likeness (QED) is 0.0142. The van der Waals surface area contributed by atoms with Crippen molar-refractivity contribution >= 4 is 10.4 Å². The van der Waals surface area contributed by atoms with Crippen LogP contribution in [0.2, 0.25) is 0 Å². The maximum Gasteiger partial charge on any atom is 1.00 e. The van der Waals surface area contributed by atoms with Gasteiger partial charge in [-0.2, -0.15) is 0 Å². The van der Waals surface area contributed by atoms with E-state index in [0.29, 0.717) is 13.2 Å². The van der Waals surface area contributed by atoms with Crippen LogP contribution in [0, 0.1) is 0 Å². The fourth-order valence-corrected chi connectivity index (χ4v) is 10.5. The SMILES string of the molecule is CCCCCCCC/C=C\CCCCCCCCOCC(CO[C@@H]1O[C@H](CO)[C@H](OC2O[C@H](CO)[C@H](O)[C@H](OS(=O)(=O)[O-])[C@H]2O)[C@H](O[C@@H]2O[C@@H](C)[C@@H](O)[C@@H](O)[C@@H]2O)[C@H]1O)OCCCCCCCC/C=C\CCCCCCCC.[Na+]. The summed E-state index contributed by atoms with van der Waals surface area (Å²) in [7, 11) is -5.53. The summed E-state index contributed by atoms with van der Waals surface area (Å²) in [6.45, 7) is 4.98. The van der Waals surface area contributed by atoms with Crippen molar-refractivity contribution in [1.29, 1.82) is 0 Å². The molecule has 79 heavy (non-hydrogen) atoms. The van der Waals surface area contributed by atoms with Gasteiger partial charge in [0.05, 0.1) is 32.5 Å². The van der Waals surface area contributed by atoms with Gasteiger partial charge >= 0.3 is 29.6 Å². The maximum atomic E-state index is 11.9. The topological polar surface area (TPSA) is 302 Å². The Bertz CT molecular complexity index is 1640. The summed E-state index contributed by atoms with van der Waals surface area (Å²) < 4.78 is 86.9. The van der Waals surface area contributed by atoms with Crippen LogP contribution in [0.3, 0.4) is 0 Å². The first-order valence-electron chi connectivity index (χ1n) is 30.0. The third kappa shape index (κ3) is 30.6. The van der Waals surface area contributed by atoms with Crippen LogP contribution < -0.4 is 29.6 Å². The summed E-state index contributed by atoms with van der Waals surface area (Å²) in [6.07, 6.45) is 15.2. The summed E-state index contributed by atoms with van der Waals surface area (Å²) in [5.41, 5.74) is 0. The Labute approximate surface area is 495 Å². The predicted molar refractivity (Wildman–Crippen MR) is 292 cm³/mol. The zero-order valence-corrected chi connectivity index (χ0v) is 51.3. The molecule has 0 radical (unpaired) electrons. The van der Waals surface area contributed by atoms with Gasteiger partial charge in [-0.05, 0) is 71.1 Å². The number of hydrogen-bond acceptors (Lipinski definition) is 20. The average Bonchev–Trinajstić information content (AvgIpc) is 3.45. The van der Waals surface area contributed by atoms with E-state index in [-0.39, 0.29) is 42.8 Å². The molecule has 0 aromatic carbocycles. The largest absolute Gasteiger partial charge is 1.00 e. The van der Waals surface area contributed by atoms with E-state index in [1.807, 2.05) is 0 Å².